The Kier molecular flexibility index (Phi) is 6.08. The molecule has 2 aromatic heterocycles. The van der Waals surface area contributed by atoms with Gasteiger partial charge in [-0.05, 0) is 30.3 Å². The number of anilines is 1. The molecule has 4 aromatic rings. The standard InChI is InChI=1S/C22H13ClN4O5S/c1-31-20-4-2-14(23)8-17(20)25-10-13(9-24)21-26-18(11-33-21)16-7-12-6-15(27(29)30)3-5-19(12)32-22(16)28/h2-8,10-11,25H,1H3/b13-10+. The fraction of sp³-hybridized carbons (Fsp3) is 0.0455. The van der Waals surface area contributed by atoms with Gasteiger partial charge in [0.25, 0.3) is 5.69 Å². The number of nitrogens with zero attached hydrogens (tertiary/aromatic N) is 3. The van der Waals surface area contributed by atoms with Gasteiger partial charge in [-0.3, -0.25) is 10.1 Å². The zero-order valence-corrected chi connectivity index (χ0v) is 18.4. The van der Waals surface area contributed by atoms with Crippen LogP contribution >= 0.6 is 22.9 Å². The van der Waals surface area contributed by atoms with Crippen LogP contribution in [0.2, 0.25) is 5.02 Å². The van der Waals surface area contributed by atoms with Gasteiger partial charge in [0.1, 0.15) is 28.0 Å². The lowest BCUT2D eigenvalue weighted by Crippen LogP contribution is -2.03. The number of non-ortho nitro benzene ring substituents is 1. The smallest absolute Gasteiger partial charge is 0.345 e. The summed E-state index contributed by atoms with van der Waals surface area (Å²) in [5.41, 5.74) is 0.657. The number of methoxy groups -OCH3 is 1. The van der Waals surface area contributed by atoms with Crippen molar-refractivity contribution >= 4 is 50.9 Å². The maximum atomic E-state index is 12.5. The molecule has 2 aromatic carbocycles. The monoisotopic (exact) mass is 480 g/mol. The molecule has 4 rings (SSSR count). The summed E-state index contributed by atoms with van der Waals surface area (Å²) in [5.74, 6) is 0.538. The van der Waals surface area contributed by atoms with E-state index in [-0.39, 0.29) is 22.4 Å². The van der Waals surface area contributed by atoms with Crippen molar-refractivity contribution in [3.8, 4) is 23.1 Å². The number of nitro groups is 1. The van der Waals surface area contributed by atoms with Gasteiger partial charge in [-0.1, -0.05) is 11.6 Å². The highest BCUT2D eigenvalue weighted by molar-refractivity contribution is 7.11. The Morgan fingerprint density at radius 2 is 2.15 bits per heavy atom. The van der Waals surface area contributed by atoms with Gasteiger partial charge in [0.2, 0.25) is 0 Å². The van der Waals surface area contributed by atoms with E-state index in [1.807, 2.05) is 0 Å². The molecule has 0 amide bonds. The topological polar surface area (TPSA) is 131 Å². The first-order valence-corrected chi connectivity index (χ1v) is 10.5. The molecule has 0 aliphatic rings. The lowest BCUT2D eigenvalue weighted by atomic mass is 10.1. The highest BCUT2D eigenvalue weighted by atomic mass is 35.5. The molecule has 0 aliphatic heterocycles. The Bertz CT molecular complexity index is 1520. The van der Waals surface area contributed by atoms with Crippen LogP contribution in [0.3, 0.4) is 0 Å². The molecule has 1 N–H and O–H groups in total. The number of nitro benzene ring substituents is 1. The minimum absolute atomic E-state index is 0.126. The van der Waals surface area contributed by atoms with E-state index in [0.29, 0.717) is 32.5 Å². The summed E-state index contributed by atoms with van der Waals surface area (Å²) < 4.78 is 10.6. The van der Waals surface area contributed by atoms with E-state index in [1.165, 1.54) is 37.6 Å². The number of thiazole rings is 1. The van der Waals surface area contributed by atoms with Crippen molar-refractivity contribution < 1.29 is 14.1 Å². The van der Waals surface area contributed by atoms with Crippen LogP contribution in [0.5, 0.6) is 5.75 Å². The van der Waals surface area contributed by atoms with Crippen molar-refractivity contribution in [3.63, 3.8) is 0 Å². The van der Waals surface area contributed by atoms with Crippen molar-refractivity contribution in [1.82, 2.24) is 4.98 Å². The molecule has 2 heterocycles. The SMILES string of the molecule is COc1ccc(Cl)cc1N/C=C(\C#N)c1nc(-c2cc3cc([N+](=O)[O-])ccc3oc2=O)cs1. The van der Waals surface area contributed by atoms with E-state index in [9.17, 15) is 20.2 Å². The van der Waals surface area contributed by atoms with Gasteiger partial charge in [-0.25, -0.2) is 9.78 Å². The number of rotatable bonds is 6. The predicted octanol–water partition coefficient (Wildman–Crippen LogP) is 5.46. The van der Waals surface area contributed by atoms with Crippen molar-refractivity contribution in [2.24, 2.45) is 0 Å². The van der Waals surface area contributed by atoms with Crippen LogP contribution < -0.4 is 15.7 Å². The zero-order chi connectivity index (χ0) is 23.5. The first-order valence-electron chi connectivity index (χ1n) is 9.28. The number of benzene rings is 2. The van der Waals surface area contributed by atoms with Crippen LogP contribution in [-0.4, -0.2) is 17.0 Å². The Hall–Kier alpha value is -4.20. The average Bonchev–Trinajstić information content (AvgIpc) is 3.28. The quantitative estimate of drug-likeness (QED) is 0.166. The largest absolute Gasteiger partial charge is 0.495 e. The first-order chi connectivity index (χ1) is 15.9. The fourth-order valence-electron chi connectivity index (χ4n) is 3.01. The summed E-state index contributed by atoms with van der Waals surface area (Å²) in [4.78, 5) is 27.4. The Labute approximate surface area is 195 Å². The lowest BCUT2D eigenvalue weighted by molar-refractivity contribution is -0.384. The molecule has 0 saturated heterocycles. The molecule has 0 aliphatic carbocycles. The van der Waals surface area contributed by atoms with E-state index >= 15 is 0 Å². The molecule has 164 valence electrons. The average molecular weight is 481 g/mol. The van der Waals surface area contributed by atoms with Gasteiger partial charge in [0, 0.05) is 34.1 Å². The number of nitriles is 1. The Balaban J connectivity index is 1.68. The van der Waals surface area contributed by atoms with Crippen molar-refractivity contribution in [2.45, 2.75) is 0 Å². The van der Waals surface area contributed by atoms with E-state index < -0.39 is 10.5 Å². The normalized spacial score (nSPS) is 11.2. The third-order valence-corrected chi connectivity index (χ3v) is 5.70. The molecule has 11 heteroatoms. The number of halogens is 1. The fourth-order valence-corrected chi connectivity index (χ4v) is 3.97. The maximum Gasteiger partial charge on any atom is 0.345 e. The summed E-state index contributed by atoms with van der Waals surface area (Å²) in [5, 5.41) is 26.5. The summed E-state index contributed by atoms with van der Waals surface area (Å²) in [6, 6.07) is 12.5. The highest BCUT2D eigenvalue weighted by Gasteiger charge is 2.16. The summed E-state index contributed by atoms with van der Waals surface area (Å²) in [7, 11) is 1.51. The van der Waals surface area contributed by atoms with Gasteiger partial charge in [-0.15, -0.1) is 11.3 Å². The van der Waals surface area contributed by atoms with Crippen LogP contribution in [-0.2, 0) is 0 Å². The maximum absolute atomic E-state index is 12.5. The molecule has 0 radical (unpaired) electrons. The zero-order valence-electron chi connectivity index (χ0n) is 16.9. The van der Waals surface area contributed by atoms with Crippen molar-refractivity contribution in [1.29, 1.82) is 5.26 Å². The summed E-state index contributed by atoms with van der Waals surface area (Å²) in [6.45, 7) is 0. The molecule has 0 saturated carbocycles. The van der Waals surface area contributed by atoms with E-state index in [1.54, 1.807) is 23.6 Å². The van der Waals surface area contributed by atoms with E-state index in [0.717, 1.165) is 11.3 Å². The highest BCUT2D eigenvalue weighted by Crippen LogP contribution is 2.30. The number of fused-ring (bicyclic) bond motifs is 1. The number of allylic oxidation sites excluding steroid dienone is 1. The van der Waals surface area contributed by atoms with E-state index in [4.69, 9.17) is 20.8 Å². The molecule has 0 bridgehead atoms. The van der Waals surface area contributed by atoms with Gasteiger partial charge in [-0.2, -0.15) is 5.26 Å². The lowest BCUT2D eigenvalue weighted by Gasteiger charge is -2.08. The van der Waals surface area contributed by atoms with Gasteiger partial charge in [0.05, 0.1) is 29.0 Å². The third-order valence-electron chi connectivity index (χ3n) is 4.59. The van der Waals surface area contributed by atoms with Crippen LogP contribution in [0.1, 0.15) is 5.01 Å². The molecule has 0 atom stereocenters. The van der Waals surface area contributed by atoms with Crippen molar-refractivity contribution in [2.75, 3.05) is 12.4 Å². The molecular weight excluding hydrogens is 468 g/mol. The molecule has 0 unspecified atom stereocenters. The number of hydrogen-bond donors (Lipinski definition) is 1. The molecule has 0 fully saturated rings. The molecular formula is C22H13ClN4O5S. The second kappa shape index (κ2) is 9.12. The van der Waals surface area contributed by atoms with Crippen LogP contribution in [0, 0.1) is 21.4 Å². The van der Waals surface area contributed by atoms with Gasteiger partial charge >= 0.3 is 5.63 Å². The summed E-state index contributed by atoms with van der Waals surface area (Å²) >= 11 is 7.19. The number of nitrogens with one attached hydrogen (secondary N) is 1. The predicted molar refractivity (Wildman–Crippen MR) is 125 cm³/mol. The minimum atomic E-state index is -0.641. The van der Waals surface area contributed by atoms with Crippen LogP contribution in [0.4, 0.5) is 11.4 Å². The Morgan fingerprint density at radius 3 is 2.88 bits per heavy atom. The first kappa shape index (κ1) is 22.0. The Morgan fingerprint density at radius 1 is 1.33 bits per heavy atom. The number of ether oxygens (including phenoxy) is 1. The molecule has 9 nitrogen and oxygen atoms in total. The number of hydrogen-bond acceptors (Lipinski definition) is 9. The van der Waals surface area contributed by atoms with Crippen molar-refractivity contribution in [3.05, 3.63) is 84.6 Å². The second-order valence-electron chi connectivity index (χ2n) is 6.62. The third kappa shape index (κ3) is 4.55. The minimum Gasteiger partial charge on any atom is -0.495 e. The van der Waals surface area contributed by atoms with Gasteiger partial charge < -0.3 is 14.5 Å². The summed E-state index contributed by atoms with van der Waals surface area (Å²) in [6.07, 6.45) is 1.46. The number of aromatic nitrogens is 1. The van der Waals surface area contributed by atoms with Crippen LogP contribution in [0.15, 0.2) is 63.3 Å². The molecule has 0 spiro atoms. The van der Waals surface area contributed by atoms with E-state index in [2.05, 4.69) is 16.4 Å². The van der Waals surface area contributed by atoms with Gasteiger partial charge in [0.15, 0.2) is 0 Å². The second-order valence-corrected chi connectivity index (χ2v) is 7.92. The van der Waals surface area contributed by atoms with Crippen LogP contribution in [0.25, 0.3) is 27.8 Å². The molecule has 33 heavy (non-hydrogen) atoms.